The average molecular weight is 239 g/mol. The molecular weight excluding hydrogens is 209 g/mol. The summed E-state index contributed by atoms with van der Waals surface area (Å²) in [7, 11) is 0.287. The third-order valence-corrected chi connectivity index (χ3v) is 3.78. The molecule has 0 bridgehead atoms. The Morgan fingerprint density at radius 2 is 1.41 bits per heavy atom. The van der Waals surface area contributed by atoms with E-state index in [-0.39, 0.29) is 7.05 Å². The molecule has 0 saturated carbocycles. The lowest BCUT2D eigenvalue weighted by atomic mass is 9.66. The normalized spacial score (nSPS) is 27.2. The van der Waals surface area contributed by atoms with Gasteiger partial charge in [-0.1, -0.05) is 55.4 Å². The highest BCUT2D eigenvalue weighted by Crippen LogP contribution is 2.36. The van der Waals surface area contributed by atoms with Crippen molar-refractivity contribution in [3.63, 3.8) is 0 Å². The molecule has 2 atom stereocenters. The van der Waals surface area contributed by atoms with Crippen LogP contribution in [0.3, 0.4) is 0 Å². The molecule has 1 aliphatic rings. The minimum absolute atomic E-state index is 0.287. The minimum Gasteiger partial charge on any atom is -0.416 e. The molecule has 17 heavy (non-hydrogen) atoms. The van der Waals surface area contributed by atoms with Crippen LogP contribution in [0.15, 0.2) is 0 Å². The summed E-state index contributed by atoms with van der Waals surface area (Å²) in [6, 6.07) is 1.11. The summed E-state index contributed by atoms with van der Waals surface area (Å²) in [5.41, 5.74) is 0. The van der Waals surface area contributed by atoms with Gasteiger partial charge < -0.3 is 9.47 Å². The average Bonchev–Trinajstić information content (AvgIpc) is 2.56. The van der Waals surface area contributed by atoms with Gasteiger partial charge in [0.05, 0.1) is 6.10 Å². The van der Waals surface area contributed by atoms with Gasteiger partial charge in [-0.3, -0.25) is 0 Å². The lowest BCUT2D eigenvalue weighted by Gasteiger charge is -2.36. The van der Waals surface area contributed by atoms with Crippen LogP contribution >= 0.6 is 0 Å². The molecule has 0 aromatic carbocycles. The standard InChI is InChI=1S/C14H30BNO/c1-9(2)13-14(10(3)4)17-15(11(5)6)16(13)12(7)8/h9-14H,1-8H3. The Hall–Kier alpha value is -0.0151. The summed E-state index contributed by atoms with van der Waals surface area (Å²) in [5, 5.41) is 0. The van der Waals surface area contributed by atoms with Gasteiger partial charge in [0, 0.05) is 6.04 Å². The van der Waals surface area contributed by atoms with Crippen molar-refractivity contribution in [3.8, 4) is 0 Å². The van der Waals surface area contributed by atoms with Gasteiger partial charge in [-0.2, -0.15) is 0 Å². The second kappa shape index (κ2) is 5.75. The first-order valence-corrected chi connectivity index (χ1v) is 7.20. The maximum Gasteiger partial charge on any atom is 0.385 e. The van der Waals surface area contributed by atoms with Crippen LogP contribution in [0, 0.1) is 11.8 Å². The van der Waals surface area contributed by atoms with Crippen molar-refractivity contribution < 1.29 is 4.65 Å². The largest absolute Gasteiger partial charge is 0.416 e. The van der Waals surface area contributed by atoms with Gasteiger partial charge in [0.25, 0.3) is 0 Å². The van der Waals surface area contributed by atoms with Crippen LogP contribution in [0.1, 0.15) is 55.4 Å². The van der Waals surface area contributed by atoms with Crippen LogP contribution in [0.2, 0.25) is 5.82 Å². The third-order valence-electron chi connectivity index (χ3n) is 3.78. The van der Waals surface area contributed by atoms with Crippen LogP contribution in [0.5, 0.6) is 0 Å². The summed E-state index contributed by atoms with van der Waals surface area (Å²) in [5.74, 6) is 1.79. The SMILES string of the molecule is CC(C)B1OC(C(C)C)C(C(C)C)N1C(C)C. The van der Waals surface area contributed by atoms with Gasteiger partial charge in [0.2, 0.25) is 0 Å². The van der Waals surface area contributed by atoms with Crippen LogP contribution in [0.4, 0.5) is 0 Å². The minimum atomic E-state index is 0.287. The summed E-state index contributed by atoms with van der Waals surface area (Å²) >= 11 is 0. The zero-order valence-electron chi connectivity index (χ0n) is 12.9. The molecule has 1 heterocycles. The molecule has 0 aliphatic carbocycles. The van der Waals surface area contributed by atoms with Crippen molar-refractivity contribution in [2.75, 3.05) is 0 Å². The van der Waals surface area contributed by atoms with E-state index in [1.807, 2.05) is 0 Å². The van der Waals surface area contributed by atoms with Gasteiger partial charge in [0.15, 0.2) is 0 Å². The van der Waals surface area contributed by atoms with E-state index in [0.29, 0.717) is 35.8 Å². The molecule has 0 amide bonds. The van der Waals surface area contributed by atoms with Crippen molar-refractivity contribution in [1.29, 1.82) is 0 Å². The molecule has 0 spiro atoms. The van der Waals surface area contributed by atoms with E-state index >= 15 is 0 Å². The molecule has 3 heteroatoms. The molecule has 0 aromatic heterocycles. The topological polar surface area (TPSA) is 12.5 Å². The Morgan fingerprint density at radius 1 is 0.882 bits per heavy atom. The van der Waals surface area contributed by atoms with Crippen molar-refractivity contribution >= 4 is 7.05 Å². The van der Waals surface area contributed by atoms with Crippen LogP contribution in [0.25, 0.3) is 0 Å². The number of hydrogen-bond donors (Lipinski definition) is 0. The summed E-state index contributed by atoms with van der Waals surface area (Å²) in [6.45, 7) is 18.3. The summed E-state index contributed by atoms with van der Waals surface area (Å²) < 4.78 is 6.36. The van der Waals surface area contributed by atoms with Crippen molar-refractivity contribution in [2.24, 2.45) is 11.8 Å². The maximum atomic E-state index is 6.36. The van der Waals surface area contributed by atoms with E-state index in [1.54, 1.807) is 0 Å². The Labute approximate surface area is 108 Å². The Bertz CT molecular complexity index is 216. The predicted molar refractivity (Wildman–Crippen MR) is 76.2 cm³/mol. The van der Waals surface area contributed by atoms with E-state index in [9.17, 15) is 0 Å². The molecule has 100 valence electrons. The zero-order chi connectivity index (χ0) is 13.3. The van der Waals surface area contributed by atoms with Crippen molar-refractivity contribution in [3.05, 3.63) is 0 Å². The molecule has 0 radical (unpaired) electrons. The van der Waals surface area contributed by atoms with Gasteiger partial charge in [-0.15, -0.1) is 0 Å². The van der Waals surface area contributed by atoms with Gasteiger partial charge >= 0.3 is 7.05 Å². The smallest absolute Gasteiger partial charge is 0.385 e. The molecule has 0 aromatic rings. The summed E-state index contributed by atoms with van der Waals surface area (Å²) in [6.07, 6.45) is 0.379. The highest BCUT2D eigenvalue weighted by molar-refractivity contribution is 6.51. The quantitative estimate of drug-likeness (QED) is 0.694. The Kier molecular flexibility index (Phi) is 5.09. The summed E-state index contributed by atoms with van der Waals surface area (Å²) in [4.78, 5) is 2.60. The lowest BCUT2D eigenvalue weighted by Crippen LogP contribution is -2.49. The van der Waals surface area contributed by atoms with Gasteiger partial charge in [-0.05, 0) is 23.7 Å². The number of rotatable bonds is 4. The second-order valence-electron chi connectivity index (χ2n) is 6.75. The first-order valence-electron chi connectivity index (χ1n) is 7.20. The van der Waals surface area contributed by atoms with Crippen molar-refractivity contribution in [2.45, 2.75) is 79.4 Å². The molecule has 0 N–H and O–H groups in total. The predicted octanol–water partition coefficient (Wildman–Crippen LogP) is 3.67. The Balaban J connectivity index is 3.00. The van der Waals surface area contributed by atoms with E-state index in [0.717, 1.165) is 0 Å². The number of hydrogen-bond acceptors (Lipinski definition) is 2. The van der Waals surface area contributed by atoms with Gasteiger partial charge in [0.1, 0.15) is 0 Å². The molecule has 1 saturated heterocycles. The van der Waals surface area contributed by atoms with E-state index in [1.165, 1.54) is 0 Å². The fourth-order valence-corrected chi connectivity index (χ4v) is 3.07. The highest BCUT2D eigenvalue weighted by Gasteiger charge is 2.49. The molecule has 1 aliphatic heterocycles. The number of nitrogens with zero attached hydrogens (tertiary/aromatic N) is 1. The fraction of sp³-hybridized carbons (Fsp3) is 1.00. The van der Waals surface area contributed by atoms with E-state index in [2.05, 4.69) is 60.2 Å². The third kappa shape index (κ3) is 3.06. The molecular formula is C14H30BNO. The molecule has 1 fully saturated rings. The first kappa shape index (κ1) is 15.0. The monoisotopic (exact) mass is 239 g/mol. The first-order chi connectivity index (χ1) is 7.77. The zero-order valence-corrected chi connectivity index (χ0v) is 12.9. The fourth-order valence-electron chi connectivity index (χ4n) is 3.07. The lowest BCUT2D eigenvalue weighted by molar-refractivity contribution is 0.108. The van der Waals surface area contributed by atoms with Crippen LogP contribution < -0.4 is 0 Å². The molecule has 2 nitrogen and oxygen atoms in total. The molecule has 1 rings (SSSR count). The van der Waals surface area contributed by atoms with Crippen LogP contribution in [-0.2, 0) is 4.65 Å². The van der Waals surface area contributed by atoms with E-state index in [4.69, 9.17) is 4.65 Å². The van der Waals surface area contributed by atoms with Gasteiger partial charge in [-0.25, -0.2) is 0 Å². The highest BCUT2D eigenvalue weighted by atomic mass is 16.5. The maximum absolute atomic E-state index is 6.36. The van der Waals surface area contributed by atoms with E-state index < -0.39 is 0 Å². The second-order valence-corrected chi connectivity index (χ2v) is 6.75. The Morgan fingerprint density at radius 3 is 1.71 bits per heavy atom. The van der Waals surface area contributed by atoms with Crippen molar-refractivity contribution in [1.82, 2.24) is 4.81 Å². The van der Waals surface area contributed by atoms with Crippen LogP contribution in [-0.4, -0.2) is 30.0 Å². The molecule has 2 unspecified atom stereocenters.